The van der Waals surface area contributed by atoms with Gasteiger partial charge in [0.05, 0.1) is 28.5 Å². The molecule has 0 bridgehead atoms. The molecule has 1 aliphatic heterocycles. The minimum atomic E-state index is -0.618. The highest BCUT2D eigenvalue weighted by Gasteiger charge is 2.33. The first-order chi connectivity index (χ1) is 14.0. The van der Waals surface area contributed by atoms with E-state index in [2.05, 4.69) is 4.99 Å². The van der Waals surface area contributed by atoms with E-state index >= 15 is 0 Å². The van der Waals surface area contributed by atoms with Gasteiger partial charge in [0.2, 0.25) is 0 Å². The Morgan fingerprint density at radius 1 is 1.31 bits per heavy atom. The number of aromatic nitrogens is 1. The molecule has 1 aliphatic rings. The van der Waals surface area contributed by atoms with E-state index in [1.807, 2.05) is 35.7 Å². The number of carbonyl (C=O) groups excluding carboxylic acids is 1. The molecule has 148 valence electrons. The van der Waals surface area contributed by atoms with Crippen LogP contribution in [0.15, 0.2) is 62.8 Å². The Balaban J connectivity index is 1.97. The van der Waals surface area contributed by atoms with E-state index in [0.717, 1.165) is 10.4 Å². The molecular formula is C21H17ClN2O3S2. The van der Waals surface area contributed by atoms with Gasteiger partial charge in [-0.15, -0.1) is 11.3 Å². The minimum Gasteiger partial charge on any atom is -0.463 e. The third kappa shape index (κ3) is 3.73. The number of allylic oxidation sites excluding steroid dienone is 1. The molecule has 0 fully saturated rings. The second kappa shape index (κ2) is 8.10. The number of hydrogen-bond acceptors (Lipinski definition) is 6. The molecule has 8 heteroatoms. The van der Waals surface area contributed by atoms with Crippen LogP contribution in [0, 0.1) is 0 Å². The van der Waals surface area contributed by atoms with Crippen molar-refractivity contribution >= 4 is 46.3 Å². The van der Waals surface area contributed by atoms with Crippen LogP contribution in [0.2, 0.25) is 5.02 Å². The number of ether oxygens (including phenoxy) is 1. The quantitative estimate of drug-likeness (QED) is 0.578. The average Bonchev–Trinajstić information content (AvgIpc) is 3.30. The van der Waals surface area contributed by atoms with Gasteiger partial charge in [0.15, 0.2) is 4.80 Å². The summed E-state index contributed by atoms with van der Waals surface area (Å²) in [6.07, 6.45) is 1.86. The number of esters is 1. The standard InChI is InChI=1S/C21H17ClN2O3S2/c1-3-27-20(26)17-12(2)23-21-24(18(17)13-6-8-14(22)9-7-13)19(25)16(29-21)11-15-5-4-10-28-15/h4-11,18H,3H2,1-2H3/b16-11+/t18-/m1/s1. The molecular weight excluding hydrogens is 428 g/mol. The van der Waals surface area contributed by atoms with Crippen molar-refractivity contribution < 1.29 is 9.53 Å². The van der Waals surface area contributed by atoms with E-state index in [1.54, 1.807) is 41.9 Å². The van der Waals surface area contributed by atoms with E-state index in [1.165, 1.54) is 11.3 Å². The Bertz CT molecular complexity index is 1270. The summed E-state index contributed by atoms with van der Waals surface area (Å²) < 4.78 is 7.42. The largest absolute Gasteiger partial charge is 0.463 e. The van der Waals surface area contributed by atoms with Gasteiger partial charge in [-0.25, -0.2) is 9.79 Å². The molecule has 3 aromatic rings. The van der Waals surface area contributed by atoms with Crippen LogP contribution in [0.4, 0.5) is 0 Å². The fraction of sp³-hybridized carbons (Fsp3) is 0.190. The van der Waals surface area contributed by atoms with Crippen LogP contribution in [0.25, 0.3) is 6.08 Å². The molecule has 0 N–H and O–H groups in total. The Hall–Kier alpha value is -2.48. The maximum atomic E-state index is 13.3. The number of hydrogen-bond donors (Lipinski definition) is 0. The number of benzene rings is 1. The second-order valence-electron chi connectivity index (χ2n) is 6.37. The van der Waals surface area contributed by atoms with Gasteiger partial charge in [-0.05, 0) is 49.1 Å². The topological polar surface area (TPSA) is 60.7 Å². The van der Waals surface area contributed by atoms with Crippen molar-refractivity contribution in [2.75, 3.05) is 6.61 Å². The Morgan fingerprint density at radius 2 is 2.07 bits per heavy atom. The lowest BCUT2D eigenvalue weighted by molar-refractivity contribution is -0.139. The van der Waals surface area contributed by atoms with Gasteiger partial charge >= 0.3 is 5.97 Å². The second-order valence-corrected chi connectivity index (χ2v) is 8.79. The number of nitrogens with zero attached hydrogens (tertiary/aromatic N) is 2. The van der Waals surface area contributed by atoms with Gasteiger partial charge in [0.1, 0.15) is 0 Å². The number of halogens is 1. The van der Waals surface area contributed by atoms with Crippen LogP contribution in [0.1, 0.15) is 30.3 Å². The number of thiazole rings is 1. The fourth-order valence-electron chi connectivity index (χ4n) is 3.25. The van der Waals surface area contributed by atoms with Gasteiger partial charge in [0, 0.05) is 9.90 Å². The minimum absolute atomic E-state index is 0.184. The van der Waals surface area contributed by atoms with E-state index in [9.17, 15) is 9.59 Å². The number of thiophene rings is 1. The molecule has 29 heavy (non-hydrogen) atoms. The molecule has 1 atom stereocenters. The first-order valence-electron chi connectivity index (χ1n) is 8.98. The Morgan fingerprint density at radius 3 is 2.72 bits per heavy atom. The highest BCUT2D eigenvalue weighted by Crippen LogP contribution is 2.31. The number of fused-ring (bicyclic) bond motifs is 1. The highest BCUT2D eigenvalue weighted by atomic mass is 35.5. The van der Waals surface area contributed by atoms with Crippen LogP contribution in [-0.2, 0) is 9.53 Å². The summed E-state index contributed by atoms with van der Waals surface area (Å²) in [6, 6.07) is 10.4. The molecule has 0 spiro atoms. The molecule has 5 nitrogen and oxygen atoms in total. The van der Waals surface area contributed by atoms with Crippen molar-refractivity contribution in [1.82, 2.24) is 4.57 Å². The molecule has 2 aromatic heterocycles. The number of carbonyl (C=O) groups is 1. The van der Waals surface area contributed by atoms with Crippen LogP contribution in [-0.4, -0.2) is 17.1 Å². The van der Waals surface area contributed by atoms with E-state index in [-0.39, 0.29) is 12.2 Å². The zero-order valence-corrected chi connectivity index (χ0v) is 18.1. The van der Waals surface area contributed by atoms with Crippen molar-refractivity contribution in [2.24, 2.45) is 4.99 Å². The molecule has 0 saturated heterocycles. The third-order valence-electron chi connectivity index (χ3n) is 4.52. The van der Waals surface area contributed by atoms with E-state index in [0.29, 0.717) is 25.6 Å². The van der Waals surface area contributed by atoms with Gasteiger partial charge in [-0.2, -0.15) is 0 Å². The zero-order chi connectivity index (χ0) is 20.5. The SMILES string of the molecule is CCOC(=O)C1=C(C)N=c2s/c(=C/c3cccs3)c(=O)n2[C@@H]1c1ccc(Cl)cc1. The predicted octanol–water partition coefficient (Wildman–Crippen LogP) is 3.51. The normalized spacial score (nSPS) is 16.5. The van der Waals surface area contributed by atoms with E-state index < -0.39 is 12.0 Å². The van der Waals surface area contributed by atoms with Crippen molar-refractivity contribution in [1.29, 1.82) is 0 Å². The summed E-state index contributed by atoms with van der Waals surface area (Å²) in [6.45, 7) is 3.76. The molecule has 0 unspecified atom stereocenters. The fourth-order valence-corrected chi connectivity index (χ4v) is 5.15. The molecule has 0 amide bonds. The molecule has 3 heterocycles. The van der Waals surface area contributed by atoms with Gasteiger partial charge in [0.25, 0.3) is 5.56 Å². The lowest BCUT2D eigenvalue weighted by Gasteiger charge is -2.24. The summed E-state index contributed by atoms with van der Waals surface area (Å²) in [5.74, 6) is -0.471. The summed E-state index contributed by atoms with van der Waals surface area (Å²) in [4.78, 5) is 32.2. The predicted molar refractivity (Wildman–Crippen MR) is 116 cm³/mol. The van der Waals surface area contributed by atoms with Gasteiger partial charge in [-0.3, -0.25) is 9.36 Å². The summed E-state index contributed by atoms with van der Waals surface area (Å²) in [5, 5.41) is 2.54. The summed E-state index contributed by atoms with van der Waals surface area (Å²) >= 11 is 8.92. The Labute approximate surface area is 179 Å². The Kier molecular flexibility index (Phi) is 5.54. The first-order valence-corrected chi connectivity index (χ1v) is 11.1. The van der Waals surface area contributed by atoms with Gasteiger partial charge < -0.3 is 4.74 Å². The molecule has 4 rings (SSSR count). The lowest BCUT2D eigenvalue weighted by Crippen LogP contribution is -2.39. The first kappa shape index (κ1) is 19.8. The molecule has 1 aromatic carbocycles. The summed E-state index contributed by atoms with van der Waals surface area (Å²) in [7, 11) is 0. The monoisotopic (exact) mass is 444 g/mol. The maximum Gasteiger partial charge on any atom is 0.338 e. The molecule has 0 saturated carbocycles. The van der Waals surface area contributed by atoms with Crippen molar-refractivity contribution in [3.05, 3.63) is 88.2 Å². The molecule has 0 aliphatic carbocycles. The van der Waals surface area contributed by atoms with Crippen LogP contribution < -0.4 is 14.9 Å². The third-order valence-corrected chi connectivity index (χ3v) is 6.57. The van der Waals surface area contributed by atoms with Crippen molar-refractivity contribution in [3.63, 3.8) is 0 Å². The number of rotatable bonds is 4. The smallest absolute Gasteiger partial charge is 0.338 e. The lowest BCUT2D eigenvalue weighted by atomic mass is 9.96. The van der Waals surface area contributed by atoms with Crippen molar-refractivity contribution in [2.45, 2.75) is 19.9 Å². The molecule has 0 radical (unpaired) electrons. The average molecular weight is 445 g/mol. The van der Waals surface area contributed by atoms with Gasteiger partial charge in [-0.1, -0.05) is 41.1 Å². The van der Waals surface area contributed by atoms with E-state index in [4.69, 9.17) is 16.3 Å². The van der Waals surface area contributed by atoms with Crippen LogP contribution in [0.3, 0.4) is 0 Å². The van der Waals surface area contributed by atoms with Crippen LogP contribution in [0.5, 0.6) is 0 Å². The van der Waals surface area contributed by atoms with Crippen LogP contribution >= 0.6 is 34.3 Å². The maximum absolute atomic E-state index is 13.3. The summed E-state index contributed by atoms with van der Waals surface area (Å²) in [5.41, 5.74) is 1.50. The zero-order valence-electron chi connectivity index (χ0n) is 15.7. The van der Waals surface area contributed by atoms with Crippen molar-refractivity contribution in [3.8, 4) is 0 Å². The highest BCUT2D eigenvalue weighted by molar-refractivity contribution is 7.11.